The van der Waals surface area contributed by atoms with Gasteiger partial charge < -0.3 is 19.3 Å². The first-order valence-corrected chi connectivity index (χ1v) is 17.1. The van der Waals surface area contributed by atoms with Crippen LogP contribution in [0.15, 0.2) is 132 Å². The Morgan fingerprint density at radius 1 is 0.840 bits per heavy atom. The van der Waals surface area contributed by atoms with E-state index in [4.69, 9.17) is 4.74 Å². The van der Waals surface area contributed by atoms with Gasteiger partial charge >= 0.3 is 0 Å². The molecule has 0 radical (unpaired) electrons. The van der Waals surface area contributed by atoms with Crippen LogP contribution in [-0.2, 0) is 13.1 Å². The van der Waals surface area contributed by atoms with E-state index in [0.29, 0.717) is 31.9 Å². The Hall–Kier alpha value is -5.89. The summed E-state index contributed by atoms with van der Waals surface area (Å²) in [7, 11) is 2.06. The van der Waals surface area contributed by atoms with Gasteiger partial charge in [-0.2, -0.15) is 0 Å². The summed E-state index contributed by atoms with van der Waals surface area (Å²) in [5.74, 6) is 0.641. The Kier molecular flexibility index (Phi) is 10.9. The number of nitrogens with zero attached hydrogens (tertiary/aromatic N) is 5. The summed E-state index contributed by atoms with van der Waals surface area (Å²) in [6, 6.07) is 39.3. The summed E-state index contributed by atoms with van der Waals surface area (Å²) >= 11 is 0. The summed E-state index contributed by atoms with van der Waals surface area (Å²) < 4.78 is 9.90. The van der Waals surface area contributed by atoms with Gasteiger partial charge in [-0.05, 0) is 71.9 Å². The molecule has 0 spiro atoms. The van der Waals surface area contributed by atoms with E-state index < -0.39 is 0 Å². The molecule has 4 aromatic carbocycles. The van der Waals surface area contributed by atoms with Crippen molar-refractivity contribution in [2.45, 2.75) is 39.8 Å². The van der Waals surface area contributed by atoms with Crippen molar-refractivity contribution in [1.82, 2.24) is 19.6 Å². The lowest BCUT2D eigenvalue weighted by Gasteiger charge is -2.20. The molecule has 6 aromatic rings. The Balaban J connectivity index is 1.06. The fourth-order valence-corrected chi connectivity index (χ4v) is 6.18. The molecule has 50 heavy (non-hydrogen) atoms. The fourth-order valence-electron chi connectivity index (χ4n) is 6.18. The topological polar surface area (TPSA) is 85.4 Å². The van der Waals surface area contributed by atoms with Gasteiger partial charge in [-0.15, -0.1) is 5.10 Å². The number of hydrogen-bond acceptors (Lipinski definition) is 6. The van der Waals surface area contributed by atoms with Crippen LogP contribution in [0.25, 0.3) is 22.4 Å². The number of aryl methyl sites for hydroxylation is 2. The van der Waals surface area contributed by atoms with Crippen molar-refractivity contribution in [3.63, 3.8) is 0 Å². The van der Waals surface area contributed by atoms with Crippen LogP contribution in [0.1, 0.15) is 42.1 Å². The molecule has 2 aromatic heterocycles. The number of allylic oxidation sites excluding steroid dienone is 1. The molecule has 0 aliphatic heterocycles. The lowest BCUT2D eigenvalue weighted by atomic mass is 9.88. The number of anilines is 1. The van der Waals surface area contributed by atoms with Crippen LogP contribution in [0.5, 0.6) is 11.5 Å². The number of aromatic nitrogens is 4. The highest BCUT2D eigenvalue weighted by Gasteiger charge is 2.14. The van der Waals surface area contributed by atoms with E-state index in [0.717, 1.165) is 35.5 Å². The summed E-state index contributed by atoms with van der Waals surface area (Å²) in [5, 5.41) is 18.7. The van der Waals surface area contributed by atoms with Gasteiger partial charge in [0.25, 0.3) is 0 Å². The van der Waals surface area contributed by atoms with Crippen LogP contribution in [0.3, 0.4) is 0 Å². The van der Waals surface area contributed by atoms with Crippen LogP contribution in [0.4, 0.5) is 5.69 Å². The minimum atomic E-state index is -0.360. The fraction of sp³-hybridized carbons (Fsp3) is 0.214. The van der Waals surface area contributed by atoms with Gasteiger partial charge in [-0.3, -0.25) is 9.48 Å². The molecule has 6 rings (SSSR count). The smallest absolute Gasteiger partial charge is 0.223 e. The van der Waals surface area contributed by atoms with Gasteiger partial charge in [0.05, 0.1) is 18.4 Å². The molecule has 0 unspecified atom stereocenters. The molecule has 0 aliphatic rings. The number of pyridine rings is 1. The van der Waals surface area contributed by atoms with Crippen molar-refractivity contribution in [1.29, 1.82) is 0 Å². The van der Waals surface area contributed by atoms with Crippen molar-refractivity contribution in [2.24, 2.45) is 0 Å². The van der Waals surface area contributed by atoms with Crippen molar-refractivity contribution in [2.75, 3.05) is 25.1 Å². The number of aromatic hydroxyl groups is 1. The first-order chi connectivity index (χ1) is 24.4. The van der Waals surface area contributed by atoms with Gasteiger partial charge in [0.1, 0.15) is 18.1 Å². The molecule has 8 nitrogen and oxygen atoms in total. The Morgan fingerprint density at radius 2 is 1.54 bits per heavy atom. The summed E-state index contributed by atoms with van der Waals surface area (Å²) in [6.07, 6.45) is 5.35. The van der Waals surface area contributed by atoms with E-state index in [1.54, 1.807) is 13.1 Å². The van der Waals surface area contributed by atoms with E-state index >= 15 is 0 Å². The van der Waals surface area contributed by atoms with Crippen LogP contribution < -0.4 is 15.1 Å². The molecule has 8 heteroatoms. The highest BCUT2D eigenvalue weighted by Crippen LogP contribution is 2.35. The predicted molar refractivity (Wildman–Crippen MR) is 201 cm³/mol. The first-order valence-electron chi connectivity index (χ1n) is 17.1. The first kappa shape index (κ1) is 34.0. The number of rotatable bonds is 14. The predicted octanol–water partition coefficient (Wildman–Crippen LogP) is 8.10. The molecule has 0 fully saturated rings. The third kappa shape index (κ3) is 8.04. The molecule has 2 heterocycles. The second kappa shape index (κ2) is 16.0. The van der Waals surface area contributed by atoms with E-state index in [-0.39, 0.29) is 11.2 Å². The highest BCUT2D eigenvalue weighted by molar-refractivity contribution is 5.98. The highest BCUT2D eigenvalue weighted by atomic mass is 16.5. The van der Waals surface area contributed by atoms with E-state index in [9.17, 15) is 9.90 Å². The van der Waals surface area contributed by atoms with E-state index in [2.05, 4.69) is 126 Å². The van der Waals surface area contributed by atoms with Crippen LogP contribution in [0.2, 0.25) is 0 Å². The minimum Gasteiger partial charge on any atom is -0.503 e. The van der Waals surface area contributed by atoms with Crippen molar-refractivity contribution in [3.05, 3.63) is 160 Å². The van der Waals surface area contributed by atoms with Gasteiger partial charge in [0.2, 0.25) is 5.43 Å². The molecule has 254 valence electrons. The summed E-state index contributed by atoms with van der Waals surface area (Å²) in [5.41, 5.74) is 9.23. The minimum absolute atomic E-state index is 0.198. The summed E-state index contributed by atoms with van der Waals surface area (Å²) in [6.45, 7) is 6.52. The van der Waals surface area contributed by atoms with Crippen LogP contribution >= 0.6 is 0 Å². The lowest BCUT2D eigenvalue weighted by molar-refractivity contribution is 0.326. The number of hydrogen-bond donors (Lipinski definition) is 1. The summed E-state index contributed by atoms with van der Waals surface area (Å²) in [4.78, 5) is 13.8. The zero-order chi connectivity index (χ0) is 34.9. The quantitative estimate of drug-likeness (QED) is 0.118. The molecule has 0 saturated heterocycles. The lowest BCUT2D eigenvalue weighted by Crippen LogP contribution is -2.23. The largest absolute Gasteiger partial charge is 0.503 e. The molecular weight excluding hydrogens is 622 g/mol. The second-order valence-corrected chi connectivity index (χ2v) is 12.3. The monoisotopic (exact) mass is 665 g/mol. The van der Waals surface area contributed by atoms with Crippen molar-refractivity contribution in [3.8, 4) is 22.8 Å². The van der Waals surface area contributed by atoms with Gasteiger partial charge in [0, 0.05) is 43.7 Å². The maximum atomic E-state index is 11.6. The molecule has 0 aliphatic carbocycles. The Morgan fingerprint density at radius 3 is 2.26 bits per heavy atom. The van der Waals surface area contributed by atoms with Gasteiger partial charge in [-0.25, -0.2) is 0 Å². The van der Waals surface area contributed by atoms with Crippen LogP contribution in [0, 0.1) is 6.92 Å². The van der Waals surface area contributed by atoms with Crippen molar-refractivity contribution < 1.29 is 9.84 Å². The molecule has 0 amide bonds. The third-order valence-electron chi connectivity index (χ3n) is 9.00. The molecular formula is C42H43N5O3. The van der Waals surface area contributed by atoms with Gasteiger partial charge in [0.15, 0.2) is 5.75 Å². The SMILES string of the molecule is CCC(=C(c1ccccc1)c1ccc(OCCN(C)c2cccc(-c3cn(CCCn4ccc(=O)c(O)c4C)nn3)c2)cc1)c1ccccc1. The molecule has 0 atom stereocenters. The standard InChI is InChI=1S/C42H43N5O3/c1-4-38(32-13-7-5-8-14-32)41(33-15-9-6-10-16-33)34-19-21-37(22-20-34)50-28-27-45(3)36-18-11-17-35(29-36)39-30-47(44-43-39)25-12-24-46-26-23-40(48)42(49)31(46)2/h5-11,13-23,26,29-30,49H,4,12,24-25,27-28H2,1-3H3. The van der Waals surface area contributed by atoms with Gasteiger partial charge in [-0.1, -0.05) is 97.1 Å². The second-order valence-electron chi connectivity index (χ2n) is 12.3. The zero-order valence-electron chi connectivity index (χ0n) is 28.9. The third-order valence-corrected chi connectivity index (χ3v) is 9.00. The van der Waals surface area contributed by atoms with Crippen molar-refractivity contribution >= 4 is 16.8 Å². The Labute approximate surface area is 293 Å². The number of ether oxygens (including phenoxy) is 1. The van der Waals surface area contributed by atoms with E-state index in [1.807, 2.05) is 27.6 Å². The maximum absolute atomic E-state index is 11.6. The molecule has 0 bridgehead atoms. The average molecular weight is 666 g/mol. The zero-order valence-corrected chi connectivity index (χ0v) is 28.9. The number of likely N-dealkylation sites (N-methyl/N-ethyl adjacent to an activating group) is 1. The maximum Gasteiger partial charge on any atom is 0.223 e. The van der Waals surface area contributed by atoms with Crippen LogP contribution in [-0.4, -0.2) is 44.9 Å². The van der Waals surface area contributed by atoms with E-state index in [1.165, 1.54) is 33.9 Å². The number of benzene rings is 4. The Bertz CT molecular complexity index is 2100. The average Bonchev–Trinajstić information content (AvgIpc) is 3.64. The normalized spacial score (nSPS) is 11.7. The molecule has 1 N–H and O–H groups in total. The molecule has 0 saturated carbocycles.